The maximum atomic E-state index is 14.2. The van der Waals surface area contributed by atoms with Crippen LogP contribution < -0.4 is 10.1 Å². The van der Waals surface area contributed by atoms with E-state index in [-0.39, 0.29) is 36.0 Å². The summed E-state index contributed by atoms with van der Waals surface area (Å²) in [5.41, 5.74) is 0.388. The number of ether oxygens (including phenoxy) is 2. The van der Waals surface area contributed by atoms with E-state index in [9.17, 15) is 27.9 Å². The maximum absolute atomic E-state index is 14.2. The third kappa shape index (κ3) is 11.9. The highest BCUT2D eigenvalue weighted by molar-refractivity contribution is 5.99. The zero-order valence-corrected chi connectivity index (χ0v) is 26.8. The van der Waals surface area contributed by atoms with Gasteiger partial charge in [0.05, 0.1) is 36.8 Å². The number of rotatable bonds is 9. The normalized spacial score (nSPS) is 23.9. The summed E-state index contributed by atoms with van der Waals surface area (Å²) in [6.45, 7) is 8.17. The molecule has 8 nitrogen and oxygen atoms in total. The van der Waals surface area contributed by atoms with Gasteiger partial charge < -0.3 is 29.7 Å². The molecule has 250 valence electrons. The summed E-state index contributed by atoms with van der Waals surface area (Å²) >= 11 is 0. The molecular formula is C33H52F3N3O5. The fourth-order valence-electron chi connectivity index (χ4n) is 6.13. The molecule has 0 radical (unpaired) electrons. The Hall–Kier alpha value is -2.37. The molecule has 0 unspecified atom stereocenters. The lowest BCUT2D eigenvalue weighted by Gasteiger charge is -2.36. The molecule has 2 amide bonds. The average molecular weight is 628 g/mol. The number of aliphatic hydroxyl groups is 1. The second kappa shape index (κ2) is 17.4. The van der Waals surface area contributed by atoms with Crippen molar-refractivity contribution in [3.05, 3.63) is 23.8 Å². The molecule has 1 aromatic rings. The van der Waals surface area contributed by atoms with E-state index in [1.165, 1.54) is 44.2 Å². The van der Waals surface area contributed by atoms with Crippen LogP contribution in [0.5, 0.6) is 5.75 Å². The van der Waals surface area contributed by atoms with E-state index in [1.807, 2.05) is 6.92 Å². The number of nitrogens with one attached hydrogen (secondary N) is 1. The molecule has 1 fully saturated rings. The third-order valence-electron chi connectivity index (χ3n) is 8.76. The summed E-state index contributed by atoms with van der Waals surface area (Å²) in [4.78, 5) is 30.4. The molecule has 1 aliphatic carbocycles. The lowest BCUT2D eigenvalue weighted by Crippen LogP contribution is -2.47. The second-order valence-electron chi connectivity index (χ2n) is 12.9. The molecule has 0 aromatic heterocycles. The lowest BCUT2D eigenvalue weighted by atomic mass is 9.89. The molecule has 1 saturated carbocycles. The van der Waals surface area contributed by atoms with Crippen LogP contribution >= 0.6 is 0 Å². The molecule has 3 rings (SSSR count). The van der Waals surface area contributed by atoms with Crippen molar-refractivity contribution in [1.29, 1.82) is 0 Å². The topological polar surface area (TPSA) is 91.3 Å². The Bertz CT molecular complexity index is 1050. The number of hydrogen-bond donors (Lipinski definition) is 2. The number of anilines is 1. The Kier molecular flexibility index (Phi) is 14.2. The minimum Gasteiger partial charge on any atom is -0.490 e. The van der Waals surface area contributed by atoms with Crippen molar-refractivity contribution in [1.82, 2.24) is 9.80 Å². The predicted octanol–water partition coefficient (Wildman–Crippen LogP) is 6.28. The fourth-order valence-corrected chi connectivity index (χ4v) is 6.13. The van der Waals surface area contributed by atoms with Gasteiger partial charge >= 0.3 is 6.18 Å². The van der Waals surface area contributed by atoms with Crippen molar-refractivity contribution in [3.63, 3.8) is 0 Å². The first kappa shape index (κ1) is 36.1. The summed E-state index contributed by atoms with van der Waals surface area (Å²) in [5, 5.41) is 12.6. The van der Waals surface area contributed by atoms with E-state index in [2.05, 4.69) is 24.2 Å². The van der Waals surface area contributed by atoms with Crippen molar-refractivity contribution >= 4 is 17.5 Å². The van der Waals surface area contributed by atoms with Gasteiger partial charge in [-0.25, -0.2) is 0 Å². The highest BCUT2D eigenvalue weighted by atomic mass is 19.4. The molecule has 1 heterocycles. The fraction of sp³-hybridized carbons (Fsp3) is 0.758. The number of hydrogen-bond acceptors (Lipinski definition) is 6. The Labute approximate surface area is 260 Å². The number of aliphatic hydroxyl groups excluding tert-OH is 1. The lowest BCUT2D eigenvalue weighted by molar-refractivity contribution is -0.142. The second-order valence-corrected chi connectivity index (χ2v) is 12.9. The first-order chi connectivity index (χ1) is 20.9. The quantitative estimate of drug-likeness (QED) is 0.335. The van der Waals surface area contributed by atoms with Gasteiger partial charge in [-0.05, 0) is 77.1 Å². The molecule has 1 aromatic carbocycles. The number of likely N-dealkylation sites (N-methyl/N-ethyl adjacent to an activating group) is 1. The van der Waals surface area contributed by atoms with Crippen molar-refractivity contribution in [2.45, 2.75) is 109 Å². The van der Waals surface area contributed by atoms with Gasteiger partial charge in [-0.3, -0.25) is 9.59 Å². The minimum absolute atomic E-state index is 0.0572. The van der Waals surface area contributed by atoms with Crippen molar-refractivity contribution < 1.29 is 37.3 Å². The van der Waals surface area contributed by atoms with E-state index in [0.717, 1.165) is 32.4 Å². The van der Waals surface area contributed by atoms with E-state index < -0.39 is 36.9 Å². The predicted molar refractivity (Wildman–Crippen MR) is 165 cm³/mol. The third-order valence-corrected chi connectivity index (χ3v) is 8.76. The number of halogens is 3. The van der Waals surface area contributed by atoms with E-state index in [0.29, 0.717) is 24.8 Å². The summed E-state index contributed by atoms with van der Waals surface area (Å²) in [7, 11) is 2.13. The van der Waals surface area contributed by atoms with Gasteiger partial charge in [0.2, 0.25) is 5.91 Å². The Morgan fingerprint density at radius 2 is 1.82 bits per heavy atom. The number of benzene rings is 1. The van der Waals surface area contributed by atoms with Crippen LogP contribution in [0.3, 0.4) is 0 Å². The molecule has 0 saturated heterocycles. The minimum atomic E-state index is -4.45. The Balaban J connectivity index is 1.86. The monoisotopic (exact) mass is 627 g/mol. The zero-order valence-electron chi connectivity index (χ0n) is 26.8. The summed E-state index contributed by atoms with van der Waals surface area (Å²) in [5.74, 6) is -0.222. The van der Waals surface area contributed by atoms with Gasteiger partial charge in [0.25, 0.3) is 5.91 Å². The number of nitrogens with zero attached hydrogens (tertiary/aromatic N) is 2. The molecule has 11 heteroatoms. The van der Waals surface area contributed by atoms with Crippen LogP contribution in [0.1, 0.15) is 95.3 Å². The molecule has 2 N–H and O–H groups in total. The number of carbonyl (C=O) groups excluding carboxylic acids is 2. The summed E-state index contributed by atoms with van der Waals surface area (Å²) < 4.78 is 50.6. The van der Waals surface area contributed by atoms with Crippen LogP contribution in [0.2, 0.25) is 0 Å². The summed E-state index contributed by atoms with van der Waals surface area (Å²) in [6, 6.07) is 4.04. The zero-order chi connectivity index (χ0) is 32.3. The van der Waals surface area contributed by atoms with E-state index >= 15 is 0 Å². The van der Waals surface area contributed by atoms with Crippen LogP contribution in [0.25, 0.3) is 0 Å². The average Bonchev–Trinajstić information content (AvgIpc) is 2.97. The smallest absolute Gasteiger partial charge is 0.389 e. The van der Waals surface area contributed by atoms with Crippen molar-refractivity contribution in [2.24, 2.45) is 11.8 Å². The molecular weight excluding hydrogens is 575 g/mol. The van der Waals surface area contributed by atoms with E-state index in [4.69, 9.17) is 9.47 Å². The number of amides is 2. The highest BCUT2D eigenvalue weighted by Crippen LogP contribution is 2.30. The van der Waals surface area contributed by atoms with Gasteiger partial charge in [-0.15, -0.1) is 0 Å². The first-order valence-electron chi connectivity index (χ1n) is 16.3. The standard InChI is InChI=1S/C33H52F3N3O5/c1-23-19-39(24(2)22-40)32(42)28-18-27(37-31(41)15-16-33(34,35)36)13-14-29(28)44-25(3)10-8-9-17-43-30(23)21-38(4)20-26-11-6-5-7-12-26/h13-14,18,23-26,30,40H,5-12,15-17,19-22H2,1-4H3,(H,37,41)/t23-,24-,25+,30-/m0/s1. The van der Waals surface area contributed by atoms with Gasteiger partial charge in [0.1, 0.15) is 5.75 Å². The molecule has 0 bridgehead atoms. The maximum Gasteiger partial charge on any atom is 0.389 e. The molecule has 1 aliphatic heterocycles. The van der Waals surface area contributed by atoms with Crippen molar-refractivity contribution in [3.8, 4) is 5.75 Å². The number of carbonyl (C=O) groups is 2. The highest BCUT2D eigenvalue weighted by Gasteiger charge is 2.31. The SMILES string of the molecule is C[C@@H]1CCCCO[C@@H](CN(C)CC2CCCCC2)[C@@H](C)CN([C@@H](C)CO)C(=O)c2cc(NC(=O)CCC(F)(F)F)ccc2O1. The van der Waals surface area contributed by atoms with Gasteiger partial charge in [0, 0.05) is 44.3 Å². The van der Waals surface area contributed by atoms with Crippen LogP contribution in [0, 0.1) is 11.8 Å². The summed E-state index contributed by atoms with van der Waals surface area (Å²) in [6.07, 6.45) is 2.15. The largest absolute Gasteiger partial charge is 0.490 e. The molecule has 0 spiro atoms. The number of alkyl halides is 3. The van der Waals surface area contributed by atoms with Gasteiger partial charge in [0.15, 0.2) is 0 Å². The van der Waals surface area contributed by atoms with Crippen LogP contribution in [-0.2, 0) is 9.53 Å². The Morgan fingerprint density at radius 3 is 2.50 bits per heavy atom. The van der Waals surface area contributed by atoms with Gasteiger partial charge in [-0.2, -0.15) is 13.2 Å². The molecule has 44 heavy (non-hydrogen) atoms. The van der Waals surface area contributed by atoms with Gasteiger partial charge in [-0.1, -0.05) is 26.2 Å². The number of fused-ring (bicyclic) bond motifs is 1. The first-order valence-corrected chi connectivity index (χ1v) is 16.3. The van der Waals surface area contributed by atoms with E-state index in [1.54, 1.807) is 17.9 Å². The van der Waals surface area contributed by atoms with Crippen LogP contribution in [0.4, 0.5) is 18.9 Å². The molecule has 2 aliphatic rings. The Morgan fingerprint density at radius 1 is 1.11 bits per heavy atom. The molecule has 4 atom stereocenters. The van der Waals surface area contributed by atoms with Crippen LogP contribution in [0.15, 0.2) is 18.2 Å². The van der Waals surface area contributed by atoms with Crippen molar-refractivity contribution in [2.75, 3.05) is 45.2 Å². The van der Waals surface area contributed by atoms with Crippen LogP contribution in [-0.4, -0.2) is 91.0 Å².